The summed E-state index contributed by atoms with van der Waals surface area (Å²) < 4.78 is 0. The highest BCUT2D eigenvalue weighted by molar-refractivity contribution is 6.24. The van der Waals surface area contributed by atoms with E-state index >= 15 is 0 Å². The van der Waals surface area contributed by atoms with Crippen LogP contribution >= 0.6 is 0 Å². The van der Waals surface area contributed by atoms with Crippen LogP contribution in [0.5, 0.6) is 0 Å². The first-order chi connectivity index (χ1) is 13.6. The summed E-state index contributed by atoms with van der Waals surface area (Å²) in [6.45, 7) is 3.70. The zero-order valence-electron chi connectivity index (χ0n) is 15.6. The molecule has 6 heteroatoms. The Hall–Kier alpha value is -3.01. The third kappa shape index (κ3) is 2.34. The SMILES string of the molecule is Cc1ccc([C@H]2[C@H]3C(=O)N(c4ccc(C#N)cc4)C(=O)[C@H]3N3CCCN23)cc1. The lowest BCUT2D eigenvalue weighted by Crippen LogP contribution is -2.44. The van der Waals surface area contributed by atoms with Crippen molar-refractivity contribution in [2.24, 2.45) is 5.92 Å². The van der Waals surface area contributed by atoms with E-state index in [4.69, 9.17) is 5.26 Å². The van der Waals surface area contributed by atoms with Gasteiger partial charge in [-0.15, -0.1) is 0 Å². The molecule has 3 aliphatic rings. The van der Waals surface area contributed by atoms with Gasteiger partial charge in [-0.1, -0.05) is 29.8 Å². The Morgan fingerprint density at radius 2 is 1.54 bits per heavy atom. The van der Waals surface area contributed by atoms with Crippen LogP contribution < -0.4 is 4.90 Å². The molecule has 3 saturated heterocycles. The highest BCUT2D eigenvalue weighted by atomic mass is 16.2. The smallest absolute Gasteiger partial charge is 0.253 e. The fourth-order valence-electron chi connectivity index (χ4n) is 4.82. The number of anilines is 1. The minimum Gasteiger partial charge on any atom is -0.274 e. The Bertz CT molecular complexity index is 993. The Morgan fingerprint density at radius 1 is 0.893 bits per heavy atom. The number of hydrogen-bond acceptors (Lipinski definition) is 5. The zero-order chi connectivity index (χ0) is 19.4. The molecule has 0 unspecified atom stereocenters. The molecule has 2 amide bonds. The summed E-state index contributed by atoms with van der Waals surface area (Å²) in [7, 11) is 0. The van der Waals surface area contributed by atoms with Crippen molar-refractivity contribution < 1.29 is 9.59 Å². The number of aryl methyl sites for hydroxylation is 1. The van der Waals surface area contributed by atoms with E-state index in [0.717, 1.165) is 25.1 Å². The molecule has 0 N–H and O–H groups in total. The number of carbonyl (C=O) groups is 2. The number of hydrazine groups is 1. The van der Waals surface area contributed by atoms with Crippen LogP contribution in [-0.4, -0.2) is 41.0 Å². The third-order valence-electron chi connectivity index (χ3n) is 6.08. The molecule has 3 aliphatic heterocycles. The van der Waals surface area contributed by atoms with Crippen molar-refractivity contribution in [2.75, 3.05) is 18.0 Å². The van der Waals surface area contributed by atoms with Crippen LogP contribution in [0.4, 0.5) is 5.69 Å². The van der Waals surface area contributed by atoms with Gasteiger partial charge in [0, 0.05) is 13.1 Å². The molecular weight excluding hydrogens is 352 g/mol. The fourth-order valence-corrected chi connectivity index (χ4v) is 4.82. The van der Waals surface area contributed by atoms with E-state index < -0.39 is 12.0 Å². The number of nitrogens with zero attached hydrogens (tertiary/aromatic N) is 4. The predicted octanol–water partition coefficient (Wildman–Crippen LogP) is 2.40. The second-order valence-electron chi connectivity index (χ2n) is 7.68. The second-order valence-corrected chi connectivity index (χ2v) is 7.68. The molecule has 140 valence electrons. The number of fused-ring (bicyclic) bond motifs is 3. The molecule has 6 nitrogen and oxygen atoms in total. The van der Waals surface area contributed by atoms with E-state index in [1.54, 1.807) is 24.3 Å². The number of hydrogen-bond donors (Lipinski definition) is 0. The van der Waals surface area contributed by atoms with Gasteiger partial charge >= 0.3 is 0 Å². The van der Waals surface area contributed by atoms with Gasteiger partial charge in [-0.3, -0.25) is 9.59 Å². The minimum atomic E-state index is -0.447. The molecule has 0 spiro atoms. The Morgan fingerprint density at radius 3 is 2.18 bits per heavy atom. The van der Waals surface area contributed by atoms with Crippen LogP contribution in [0.15, 0.2) is 48.5 Å². The number of carbonyl (C=O) groups excluding carboxylic acids is 2. The van der Waals surface area contributed by atoms with E-state index in [1.807, 2.05) is 6.92 Å². The Kier molecular flexibility index (Phi) is 3.83. The normalized spacial score (nSPS) is 27.1. The lowest BCUT2D eigenvalue weighted by atomic mass is 9.89. The molecule has 28 heavy (non-hydrogen) atoms. The molecule has 2 aromatic carbocycles. The fraction of sp³-hybridized carbons (Fsp3) is 0.318. The summed E-state index contributed by atoms with van der Waals surface area (Å²) in [5, 5.41) is 13.3. The number of nitriles is 1. The van der Waals surface area contributed by atoms with Crippen molar-refractivity contribution in [1.29, 1.82) is 5.26 Å². The van der Waals surface area contributed by atoms with Gasteiger partial charge in [-0.2, -0.15) is 5.26 Å². The molecule has 3 atom stereocenters. The highest BCUT2D eigenvalue weighted by Gasteiger charge is 2.62. The minimum absolute atomic E-state index is 0.118. The molecule has 5 rings (SSSR count). The summed E-state index contributed by atoms with van der Waals surface area (Å²) >= 11 is 0. The maximum absolute atomic E-state index is 13.4. The van der Waals surface area contributed by atoms with Gasteiger partial charge < -0.3 is 0 Å². The van der Waals surface area contributed by atoms with Crippen molar-refractivity contribution in [3.8, 4) is 6.07 Å². The van der Waals surface area contributed by atoms with E-state index in [1.165, 1.54) is 10.5 Å². The van der Waals surface area contributed by atoms with E-state index in [-0.39, 0.29) is 17.9 Å². The van der Waals surface area contributed by atoms with Crippen molar-refractivity contribution in [1.82, 2.24) is 10.0 Å². The Labute approximate surface area is 163 Å². The molecule has 0 aliphatic carbocycles. The summed E-state index contributed by atoms with van der Waals surface area (Å²) in [4.78, 5) is 28.0. The Balaban J connectivity index is 1.56. The van der Waals surface area contributed by atoms with Crippen LogP contribution in [0.2, 0.25) is 0 Å². The topological polar surface area (TPSA) is 67.6 Å². The standard InChI is InChI=1S/C22H20N4O2/c1-14-3-7-16(8-4-14)19-18-20(25-12-2-11-24(19)25)22(28)26(21(18)27)17-9-5-15(13-23)6-10-17/h3-10,18-20H,2,11-12H2,1H3/t18-,19+,20+/m1/s1. The van der Waals surface area contributed by atoms with Crippen LogP contribution in [0.1, 0.15) is 29.2 Å². The van der Waals surface area contributed by atoms with Gasteiger partial charge in [0.25, 0.3) is 5.91 Å². The average Bonchev–Trinajstić information content (AvgIpc) is 3.35. The average molecular weight is 372 g/mol. The van der Waals surface area contributed by atoms with Crippen LogP contribution in [0, 0.1) is 24.2 Å². The van der Waals surface area contributed by atoms with Crippen LogP contribution in [0.25, 0.3) is 0 Å². The predicted molar refractivity (Wildman–Crippen MR) is 103 cm³/mol. The van der Waals surface area contributed by atoms with Crippen molar-refractivity contribution in [2.45, 2.75) is 25.4 Å². The maximum atomic E-state index is 13.4. The largest absolute Gasteiger partial charge is 0.274 e. The van der Waals surface area contributed by atoms with Gasteiger partial charge in [0.2, 0.25) is 5.91 Å². The molecule has 0 bridgehead atoms. The summed E-state index contributed by atoms with van der Waals surface area (Å²) in [6, 6.07) is 16.4. The van der Waals surface area contributed by atoms with E-state index in [0.29, 0.717) is 11.3 Å². The zero-order valence-corrected chi connectivity index (χ0v) is 15.6. The van der Waals surface area contributed by atoms with Crippen LogP contribution in [-0.2, 0) is 9.59 Å². The van der Waals surface area contributed by atoms with E-state index in [9.17, 15) is 9.59 Å². The molecule has 0 aromatic heterocycles. The highest BCUT2D eigenvalue weighted by Crippen LogP contribution is 2.48. The van der Waals surface area contributed by atoms with Crippen molar-refractivity contribution >= 4 is 17.5 Å². The third-order valence-corrected chi connectivity index (χ3v) is 6.08. The lowest BCUT2D eigenvalue weighted by Gasteiger charge is -2.29. The van der Waals surface area contributed by atoms with Gasteiger partial charge in [0.15, 0.2) is 0 Å². The van der Waals surface area contributed by atoms with Gasteiger partial charge in [-0.05, 0) is 43.2 Å². The molecular formula is C22H20N4O2. The number of rotatable bonds is 2. The summed E-state index contributed by atoms with van der Waals surface area (Å²) in [5.41, 5.74) is 3.29. The summed E-state index contributed by atoms with van der Waals surface area (Å²) in [5.74, 6) is -0.730. The quantitative estimate of drug-likeness (QED) is 0.758. The van der Waals surface area contributed by atoms with Crippen molar-refractivity contribution in [3.05, 3.63) is 65.2 Å². The molecule has 0 radical (unpaired) electrons. The molecule has 3 heterocycles. The van der Waals surface area contributed by atoms with E-state index in [2.05, 4.69) is 40.4 Å². The number of imide groups is 1. The van der Waals surface area contributed by atoms with Gasteiger partial charge in [0.05, 0.1) is 29.3 Å². The first kappa shape index (κ1) is 17.1. The first-order valence-electron chi connectivity index (χ1n) is 9.58. The lowest BCUT2D eigenvalue weighted by molar-refractivity contribution is -0.126. The molecule has 0 saturated carbocycles. The monoisotopic (exact) mass is 372 g/mol. The molecule has 2 aromatic rings. The summed E-state index contributed by atoms with van der Waals surface area (Å²) in [6.07, 6.45) is 0.990. The molecule has 3 fully saturated rings. The number of benzene rings is 2. The maximum Gasteiger partial charge on any atom is 0.253 e. The number of amides is 2. The van der Waals surface area contributed by atoms with Gasteiger partial charge in [-0.25, -0.2) is 14.9 Å². The van der Waals surface area contributed by atoms with Crippen LogP contribution in [0.3, 0.4) is 0 Å². The van der Waals surface area contributed by atoms with Gasteiger partial charge in [0.1, 0.15) is 6.04 Å². The second kappa shape index (κ2) is 6.26. The first-order valence-corrected chi connectivity index (χ1v) is 9.58. The van der Waals surface area contributed by atoms with Crippen molar-refractivity contribution in [3.63, 3.8) is 0 Å².